The van der Waals surface area contributed by atoms with Gasteiger partial charge >= 0.3 is 0 Å². The average Bonchev–Trinajstić information content (AvgIpc) is 2.91. The molecule has 1 aromatic carbocycles. The van der Waals surface area contributed by atoms with E-state index in [0.29, 0.717) is 5.82 Å². The normalized spacial score (nSPS) is 10.6. The van der Waals surface area contributed by atoms with Gasteiger partial charge in [0, 0.05) is 23.6 Å². The van der Waals surface area contributed by atoms with Crippen LogP contribution in [-0.4, -0.2) is 19.5 Å². The first kappa shape index (κ1) is 12.1. The number of benzene rings is 1. The van der Waals surface area contributed by atoms with Crippen molar-refractivity contribution in [3.8, 4) is 17.1 Å². The van der Waals surface area contributed by atoms with E-state index in [1.54, 1.807) is 0 Å². The van der Waals surface area contributed by atoms with E-state index in [1.807, 2.05) is 53.4 Å². The minimum absolute atomic E-state index is 0.0875. The zero-order valence-corrected chi connectivity index (χ0v) is 11.2. The quantitative estimate of drug-likeness (QED) is 0.724. The molecule has 0 unspecified atom stereocenters. The molecule has 0 radical (unpaired) electrons. The lowest BCUT2D eigenvalue weighted by molar-refractivity contribution is 1.05. The molecule has 3 rings (SSSR count). The van der Waals surface area contributed by atoms with Gasteiger partial charge in [-0.2, -0.15) is 15.0 Å². The van der Waals surface area contributed by atoms with Crippen molar-refractivity contribution in [2.75, 3.05) is 0 Å². The van der Waals surface area contributed by atoms with E-state index in [1.165, 1.54) is 0 Å². The third-order valence-corrected chi connectivity index (χ3v) is 2.95. The molecular weight excluding hydrogens is 283 g/mol. The second kappa shape index (κ2) is 4.99. The van der Waals surface area contributed by atoms with Gasteiger partial charge < -0.3 is 4.57 Å². The van der Waals surface area contributed by atoms with Crippen molar-refractivity contribution >= 4 is 23.2 Å². The lowest BCUT2D eigenvalue weighted by Crippen LogP contribution is -1.94. The number of aromatic nitrogens is 4. The second-order valence-corrected chi connectivity index (χ2v) is 4.51. The van der Waals surface area contributed by atoms with Gasteiger partial charge in [-0.15, -0.1) is 0 Å². The van der Waals surface area contributed by atoms with Crippen LogP contribution in [0.3, 0.4) is 0 Å². The van der Waals surface area contributed by atoms with Crippen LogP contribution in [0.4, 0.5) is 0 Å². The van der Waals surface area contributed by atoms with Crippen LogP contribution in [0.15, 0.2) is 48.8 Å². The highest BCUT2D eigenvalue weighted by Gasteiger charge is 2.06. The summed E-state index contributed by atoms with van der Waals surface area (Å²) in [6.45, 7) is 0. The fraction of sp³-hybridized carbons (Fsp3) is 0. The predicted octanol–water partition coefficient (Wildman–Crippen LogP) is 3.64. The van der Waals surface area contributed by atoms with Crippen LogP contribution in [0.25, 0.3) is 17.1 Å². The zero-order chi connectivity index (χ0) is 13.2. The molecule has 2 heterocycles. The van der Waals surface area contributed by atoms with E-state index in [2.05, 4.69) is 15.0 Å². The van der Waals surface area contributed by atoms with Crippen molar-refractivity contribution in [3.05, 3.63) is 59.4 Å². The summed E-state index contributed by atoms with van der Waals surface area (Å²) in [6.07, 6.45) is 3.96. The van der Waals surface area contributed by atoms with Gasteiger partial charge in [-0.1, -0.05) is 0 Å². The van der Waals surface area contributed by atoms with Crippen molar-refractivity contribution in [2.45, 2.75) is 0 Å². The van der Waals surface area contributed by atoms with Crippen LogP contribution in [0.2, 0.25) is 10.6 Å². The van der Waals surface area contributed by atoms with Gasteiger partial charge in [-0.05, 0) is 59.6 Å². The van der Waals surface area contributed by atoms with Gasteiger partial charge in [0.2, 0.25) is 10.6 Å². The first-order valence-corrected chi connectivity index (χ1v) is 6.29. The molecule has 3 aromatic rings. The lowest BCUT2D eigenvalue weighted by atomic mass is 10.2. The molecule has 94 valence electrons. The van der Waals surface area contributed by atoms with E-state index < -0.39 is 0 Å². The van der Waals surface area contributed by atoms with Gasteiger partial charge in [0.25, 0.3) is 0 Å². The van der Waals surface area contributed by atoms with Crippen molar-refractivity contribution in [1.29, 1.82) is 0 Å². The molecule has 0 saturated carbocycles. The zero-order valence-electron chi connectivity index (χ0n) is 9.66. The molecule has 0 aliphatic rings. The Morgan fingerprint density at radius 2 is 1.37 bits per heavy atom. The third-order valence-electron chi connectivity index (χ3n) is 2.61. The predicted molar refractivity (Wildman–Crippen MR) is 74.6 cm³/mol. The summed E-state index contributed by atoms with van der Waals surface area (Å²) in [5.41, 5.74) is 1.89. The van der Waals surface area contributed by atoms with E-state index in [-0.39, 0.29) is 10.6 Å². The van der Waals surface area contributed by atoms with E-state index >= 15 is 0 Å². The maximum atomic E-state index is 5.76. The molecule has 0 aliphatic heterocycles. The van der Waals surface area contributed by atoms with Crippen LogP contribution >= 0.6 is 23.2 Å². The molecule has 2 aromatic heterocycles. The van der Waals surface area contributed by atoms with Crippen molar-refractivity contribution in [3.63, 3.8) is 0 Å². The van der Waals surface area contributed by atoms with Gasteiger partial charge in [-0.25, -0.2) is 0 Å². The Labute approximate surface area is 119 Å². The molecule has 0 amide bonds. The SMILES string of the molecule is Clc1nc(Cl)nc(-c2ccc(-n3cccc3)cc2)n1. The van der Waals surface area contributed by atoms with Gasteiger partial charge in [0.15, 0.2) is 5.82 Å². The molecule has 19 heavy (non-hydrogen) atoms. The van der Waals surface area contributed by atoms with E-state index in [4.69, 9.17) is 23.2 Å². The first-order valence-electron chi connectivity index (χ1n) is 5.53. The number of hydrogen-bond donors (Lipinski definition) is 0. The Bertz CT molecular complexity index is 673. The Hall–Kier alpha value is -1.91. The number of halogens is 2. The largest absolute Gasteiger partial charge is 0.324 e. The molecule has 0 N–H and O–H groups in total. The summed E-state index contributed by atoms with van der Waals surface area (Å²) in [7, 11) is 0. The molecule has 0 aliphatic carbocycles. The highest BCUT2D eigenvalue weighted by Crippen LogP contribution is 2.20. The molecule has 0 atom stereocenters. The first-order chi connectivity index (χ1) is 9.22. The van der Waals surface area contributed by atoms with Gasteiger partial charge in [-0.3, -0.25) is 0 Å². The topological polar surface area (TPSA) is 43.6 Å². The molecule has 0 fully saturated rings. The highest BCUT2D eigenvalue weighted by atomic mass is 35.5. The summed E-state index contributed by atoms with van der Waals surface area (Å²) in [5.74, 6) is 0.462. The van der Waals surface area contributed by atoms with Crippen LogP contribution in [-0.2, 0) is 0 Å². The lowest BCUT2D eigenvalue weighted by Gasteiger charge is -2.05. The summed E-state index contributed by atoms with van der Waals surface area (Å²) in [5, 5.41) is 0.175. The van der Waals surface area contributed by atoms with Crippen molar-refractivity contribution in [2.24, 2.45) is 0 Å². The molecule has 6 heteroatoms. The molecule has 0 bridgehead atoms. The fourth-order valence-electron chi connectivity index (χ4n) is 1.74. The number of hydrogen-bond acceptors (Lipinski definition) is 3. The van der Waals surface area contributed by atoms with Crippen LogP contribution in [0, 0.1) is 0 Å². The molecule has 0 spiro atoms. The molecule has 4 nitrogen and oxygen atoms in total. The number of rotatable bonds is 2. The summed E-state index contributed by atoms with van der Waals surface area (Å²) < 4.78 is 2.01. The Morgan fingerprint density at radius 3 is 1.95 bits per heavy atom. The summed E-state index contributed by atoms with van der Waals surface area (Å²) >= 11 is 11.5. The van der Waals surface area contributed by atoms with E-state index in [9.17, 15) is 0 Å². The summed E-state index contributed by atoms with van der Waals surface area (Å²) in [4.78, 5) is 11.8. The maximum Gasteiger partial charge on any atom is 0.227 e. The van der Waals surface area contributed by atoms with Crippen molar-refractivity contribution in [1.82, 2.24) is 19.5 Å². The van der Waals surface area contributed by atoms with Gasteiger partial charge in [0.05, 0.1) is 0 Å². The fourth-order valence-corrected chi connectivity index (χ4v) is 2.11. The highest BCUT2D eigenvalue weighted by molar-refractivity contribution is 6.31. The van der Waals surface area contributed by atoms with E-state index in [0.717, 1.165) is 11.3 Å². The minimum atomic E-state index is 0.0875. The summed E-state index contributed by atoms with van der Waals surface area (Å²) in [6, 6.07) is 11.7. The number of nitrogens with zero attached hydrogens (tertiary/aromatic N) is 4. The third kappa shape index (κ3) is 2.59. The molecule has 0 saturated heterocycles. The van der Waals surface area contributed by atoms with Crippen LogP contribution in [0.5, 0.6) is 0 Å². The smallest absolute Gasteiger partial charge is 0.227 e. The molecular formula is C13H8Cl2N4. The Kier molecular flexibility index (Phi) is 3.19. The van der Waals surface area contributed by atoms with Crippen LogP contribution in [0.1, 0.15) is 0 Å². The van der Waals surface area contributed by atoms with Gasteiger partial charge in [0.1, 0.15) is 0 Å². The second-order valence-electron chi connectivity index (χ2n) is 3.83. The monoisotopic (exact) mass is 290 g/mol. The van der Waals surface area contributed by atoms with Crippen molar-refractivity contribution < 1.29 is 0 Å². The Morgan fingerprint density at radius 1 is 0.789 bits per heavy atom. The van der Waals surface area contributed by atoms with Crippen LogP contribution < -0.4 is 0 Å². The maximum absolute atomic E-state index is 5.76. The average molecular weight is 291 g/mol. The Balaban J connectivity index is 1.98. The standard InChI is InChI=1S/C13H8Cl2N4/c14-12-16-11(17-13(15)18-12)9-3-5-10(6-4-9)19-7-1-2-8-19/h1-8H. The minimum Gasteiger partial charge on any atom is -0.324 e.